The number of unbranched alkanes of at least 4 members (excludes halogenated alkanes) is 1. The highest BCUT2D eigenvalue weighted by Gasteiger charge is 2.19. The molecule has 0 radical (unpaired) electrons. The Hall–Kier alpha value is -4.37. The smallest absolute Gasteiger partial charge is 0.293 e. The molecule has 9 heteroatoms. The van der Waals surface area contributed by atoms with Crippen molar-refractivity contribution in [1.82, 2.24) is 14.5 Å². The maximum Gasteiger partial charge on any atom is 0.293 e. The molecule has 5 rings (SSSR count). The molecule has 1 saturated heterocycles. The van der Waals surface area contributed by atoms with E-state index in [9.17, 15) is 14.4 Å². The lowest BCUT2D eigenvalue weighted by Gasteiger charge is -2.26. The first-order valence-electron chi connectivity index (χ1n) is 14.7. The molecule has 222 valence electrons. The number of carbonyl (C=O) groups is 2. The highest BCUT2D eigenvalue weighted by atomic mass is 32.2. The van der Waals surface area contributed by atoms with Gasteiger partial charge in [0, 0.05) is 65.9 Å². The number of thioether (sulfide) groups is 1. The lowest BCUT2D eigenvalue weighted by molar-refractivity contribution is 0.0772. The lowest BCUT2D eigenvalue weighted by Crippen LogP contribution is -2.37. The average molecular weight is 596 g/mol. The molecule has 1 aliphatic rings. The van der Waals surface area contributed by atoms with Gasteiger partial charge in [-0.1, -0.05) is 43.7 Å². The minimum absolute atomic E-state index is 0.0229. The number of nitrogens with one attached hydrogen (secondary N) is 2. The molecular weight excluding hydrogens is 558 g/mol. The molecule has 1 fully saturated rings. The van der Waals surface area contributed by atoms with Crippen LogP contribution in [0.25, 0.3) is 11.3 Å². The fourth-order valence-corrected chi connectivity index (χ4v) is 6.07. The van der Waals surface area contributed by atoms with E-state index in [2.05, 4.69) is 22.5 Å². The van der Waals surface area contributed by atoms with E-state index in [1.165, 1.54) is 4.57 Å². The van der Waals surface area contributed by atoms with Crippen LogP contribution in [0.4, 0.5) is 17.2 Å². The molecule has 0 spiro atoms. The molecular formula is C34H37N5O3S. The van der Waals surface area contributed by atoms with Crippen molar-refractivity contribution in [1.29, 1.82) is 0 Å². The largest absolute Gasteiger partial charge is 0.337 e. The first kappa shape index (κ1) is 30.1. The quantitative estimate of drug-likeness (QED) is 0.236. The summed E-state index contributed by atoms with van der Waals surface area (Å²) in [6.45, 7) is 5.59. The molecule has 0 saturated carbocycles. The number of nitrogens with zero attached hydrogens (tertiary/aromatic N) is 3. The molecule has 0 bridgehead atoms. The van der Waals surface area contributed by atoms with E-state index in [0.29, 0.717) is 28.2 Å². The summed E-state index contributed by atoms with van der Waals surface area (Å²) < 4.78 is 1.49. The topological polar surface area (TPSA) is 96.3 Å². The van der Waals surface area contributed by atoms with Crippen LogP contribution in [0.3, 0.4) is 0 Å². The fraction of sp³-hybridized carbons (Fsp3) is 0.294. The number of benzene rings is 3. The molecule has 0 atom stereocenters. The normalized spacial score (nSPS) is 13.0. The predicted molar refractivity (Wildman–Crippen MR) is 176 cm³/mol. The van der Waals surface area contributed by atoms with Gasteiger partial charge in [0.15, 0.2) is 5.82 Å². The SMILES string of the molecule is CCCCc1ccccc1C(=O)Nc1cccc(-c2cn(C)c(=O)c(Nc3ccc(C(=O)N4CCSCC4)cc3)n2)c1C. The Bertz CT molecular complexity index is 1680. The van der Waals surface area contributed by atoms with Crippen LogP contribution < -0.4 is 16.2 Å². The van der Waals surface area contributed by atoms with E-state index in [1.54, 1.807) is 37.5 Å². The van der Waals surface area contributed by atoms with Crippen molar-refractivity contribution in [2.24, 2.45) is 7.05 Å². The number of carbonyl (C=O) groups excluding carboxylic acids is 2. The minimum Gasteiger partial charge on any atom is -0.337 e. The van der Waals surface area contributed by atoms with Crippen LogP contribution >= 0.6 is 11.8 Å². The molecule has 0 unspecified atom stereocenters. The lowest BCUT2D eigenvalue weighted by atomic mass is 10.0. The van der Waals surface area contributed by atoms with Gasteiger partial charge in [0.2, 0.25) is 0 Å². The monoisotopic (exact) mass is 595 g/mol. The first-order valence-corrected chi connectivity index (χ1v) is 15.8. The zero-order chi connectivity index (χ0) is 30.3. The van der Waals surface area contributed by atoms with Crippen LogP contribution in [-0.2, 0) is 13.5 Å². The van der Waals surface area contributed by atoms with Gasteiger partial charge >= 0.3 is 0 Å². The molecule has 1 aromatic heterocycles. The highest BCUT2D eigenvalue weighted by Crippen LogP contribution is 2.29. The second-order valence-corrected chi connectivity index (χ2v) is 11.9. The molecule has 2 heterocycles. The summed E-state index contributed by atoms with van der Waals surface area (Å²) in [5, 5.41) is 6.23. The van der Waals surface area contributed by atoms with E-state index in [0.717, 1.165) is 60.5 Å². The second-order valence-electron chi connectivity index (χ2n) is 10.7. The Morgan fingerprint density at radius 1 is 0.977 bits per heavy atom. The van der Waals surface area contributed by atoms with Gasteiger partial charge < -0.3 is 20.1 Å². The standard InChI is InChI=1S/C34H37N5O3S/c1-4-5-9-24-10-6-7-11-28(24)32(40)37-29-13-8-12-27(23(29)2)30-22-38(3)34(42)31(36-30)35-26-16-14-25(15-17-26)33(41)39-18-20-43-21-19-39/h6-8,10-17,22H,4-5,9,18-21H2,1-3H3,(H,35,36)(H,37,40). The van der Waals surface area contributed by atoms with Crippen molar-refractivity contribution in [3.8, 4) is 11.3 Å². The second kappa shape index (κ2) is 13.7. The number of rotatable bonds is 9. The number of anilines is 3. The third kappa shape index (κ3) is 7.00. The van der Waals surface area contributed by atoms with Crippen molar-refractivity contribution >= 4 is 40.8 Å². The van der Waals surface area contributed by atoms with Gasteiger partial charge in [-0.05, 0) is 67.3 Å². The summed E-state index contributed by atoms with van der Waals surface area (Å²) in [5.41, 5.74) is 5.64. The molecule has 2 N–H and O–H groups in total. The van der Waals surface area contributed by atoms with Crippen molar-refractivity contribution in [3.63, 3.8) is 0 Å². The van der Waals surface area contributed by atoms with Gasteiger partial charge in [-0.3, -0.25) is 14.4 Å². The Balaban J connectivity index is 1.37. The average Bonchev–Trinajstić information content (AvgIpc) is 3.03. The van der Waals surface area contributed by atoms with Crippen molar-refractivity contribution < 1.29 is 9.59 Å². The fourth-order valence-electron chi connectivity index (χ4n) is 5.16. The molecule has 1 aliphatic heterocycles. The number of aryl methyl sites for hydroxylation is 2. The van der Waals surface area contributed by atoms with Gasteiger partial charge in [0.1, 0.15) is 0 Å². The molecule has 4 aromatic rings. The van der Waals surface area contributed by atoms with Crippen LogP contribution in [0.15, 0.2) is 77.7 Å². The maximum atomic E-state index is 13.3. The van der Waals surface area contributed by atoms with Gasteiger partial charge in [-0.2, -0.15) is 11.8 Å². The molecule has 8 nitrogen and oxygen atoms in total. The third-order valence-electron chi connectivity index (χ3n) is 7.68. The Kier molecular flexibility index (Phi) is 9.61. The van der Waals surface area contributed by atoms with Gasteiger partial charge in [0.25, 0.3) is 17.4 Å². The highest BCUT2D eigenvalue weighted by molar-refractivity contribution is 7.99. The number of hydrogen-bond acceptors (Lipinski definition) is 6. The Labute approximate surface area is 256 Å². The summed E-state index contributed by atoms with van der Waals surface area (Å²) in [5.74, 6) is 1.96. The minimum atomic E-state index is -0.277. The molecule has 2 amide bonds. The van der Waals surface area contributed by atoms with E-state index in [-0.39, 0.29) is 23.2 Å². The Morgan fingerprint density at radius 2 is 1.72 bits per heavy atom. The molecule has 0 aliphatic carbocycles. The maximum absolute atomic E-state index is 13.3. The van der Waals surface area contributed by atoms with Crippen molar-refractivity contribution in [2.45, 2.75) is 33.1 Å². The summed E-state index contributed by atoms with van der Waals surface area (Å²) >= 11 is 1.86. The van der Waals surface area contributed by atoms with E-state index < -0.39 is 0 Å². The first-order chi connectivity index (χ1) is 20.9. The number of hydrogen-bond donors (Lipinski definition) is 2. The predicted octanol–water partition coefficient (Wildman–Crippen LogP) is 6.28. The van der Waals surface area contributed by atoms with Gasteiger partial charge in [0.05, 0.1) is 5.69 Å². The van der Waals surface area contributed by atoms with Crippen molar-refractivity contribution in [3.05, 3.63) is 106 Å². The summed E-state index contributed by atoms with van der Waals surface area (Å²) in [4.78, 5) is 45.7. The molecule has 43 heavy (non-hydrogen) atoms. The summed E-state index contributed by atoms with van der Waals surface area (Å²) in [6.07, 6.45) is 4.63. The third-order valence-corrected chi connectivity index (χ3v) is 8.63. The van der Waals surface area contributed by atoms with Crippen LogP contribution in [0.2, 0.25) is 0 Å². The van der Waals surface area contributed by atoms with Crippen molar-refractivity contribution in [2.75, 3.05) is 35.2 Å². The van der Waals surface area contributed by atoms with Gasteiger partial charge in [-0.25, -0.2) is 4.98 Å². The van der Waals surface area contributed by atoms with Gasteiger partial charge in [-0.15, -0.1) is 0 Å². The van der Waals surface area contributed by atoms with E-state index in [4.69, 9.17) is 0 Å². The zero-order valence-corrected chi connectivity index (χ0v) is 25.7. The van der Waals surface area contributed by atoms with E-state index >= 15 is 0 Å². The van der Waals surface area contributed by atoms with Crippen LogP contribution in [0.5, 0.6) is 0 Å². The Morgan fingerprint density at radius 3 is 2.47 bits per heavy atom. The zero-order valence-electron chi connectivity index (χ0n) is 24.9. The molecule has 3 aromatic carbocycles. The summed E-state index contributed by atoms with van der Waals surface area (Å²) in [6, 6.07) is 20.5. The number of amides is 2. The van der Waals surface area contributed by atoms with E-state index in [1.807, 2.05) is 66.1 Å². The number of aromatic nitrogens is 2. The summed E-state index contributed by atoms with van der Waals surface area (Å²) in [7, 11) is 1.69. The van der Waals surface area contributed by atoms with Crippen LogP contribution in [0.1, 0.15) is 51.6 Å². The van der Waals surface area contributed by atoms with Crippen LogP contribution in [-0.4, -0.2) is 50.9 Å². The van der Waals surface area contributed by atoms with Crippen LogP contribution in [0, 0.1) is 6.92 Å².